The molecule has 0 aromatic carbocycles. The normalized spacial score (nSPS) is 20.9. The summed E-state index contributed by atoms with van der Waals surface area (Å²) in [6, 6.07) is 5.33. The summed E-state index contributed by atoms with van der Waals surface area (Å²) in [5, 5.41) is 8.06. The van der Waals surface area contributed by atoms with Crippen molar-refractivity contribution in [3.8, 4) is 0 Å². The van der Waals surface area contributed by atoms with E-state index in [2.05, 4.69) is 10.6 Å². The van der Waals surface area contributed by atoms with E-state index in [4.69, 9.17) is 10.2 Å². The van der Waals surface area contributed by atoms with Crippen LogP contribution in [0.15, 0.2) is 34.3 Å². The zero-order valence-electron chi connectivity index (χ0n) is 12.6. The minimum absolute atomic E-state index is 0.149. The Balaban J connectivity index is 1.63. The summed E-state index contributed by atoms with van der Waals surface area (Å²) in [5.74, 6) is -0.317. The smallest absolute Gasteiger partial charge is 0.291 e. The van der Waals surface area contributed by atoms with E-state index in [0.29, 0.717) is 10.6 Å². The lowest BCUT2D eigenvalue weighted by molar-refractivity contribution is 0.0927. The van der Waals surface area contributed by atoms with Gasteiger partial charge >= 0.3 is 0 Å². The molecule has 2 aromatic rings. The van der Waals surface area contributed by atoms with Crippen molar-refractivity contribution >= 4 is 28.2 Å². The van der Waals surface area contributed by atoms with Crippen LogP contribution in [0.25, 0.3) is 0 Å². The molecule has 0 radical (unpaired) electrons. The molecule has 2 amide bonds. The number of anilines is 1. The molecule has 0 spiro atoms. The summed E-state index contributed by atoms with van der Waals surface area (Å²) in [5.41, 5.74) is 6.36. The van der Waals surface area contributed by atoms with E-state index >= 15 is 0 Å². The lowest BCUT2D eigenvalue weighted by Gasteiger charge is -2.26. The molecule has 0 aliphatic heterocycles. The van der Waals surface area contributed by atoms with Crippen molar-refractivity contribution < 1.29 is 14.0 Å². The molecule has 0 saturated heterocycles. The third-order valence-corrected chi connectivity index (χ3v) is 4.82. The van der Waals surface area contributed by atoms with Crippen LogP contribution < -0.4 is 16.4 Å². The van der Waals surface area contributed by atoms with Gasteiger partial charge in [0.1, 0.15) is 5.00 Å². The Morgan fingerprint density at radius 2 is 1.96 bits per heavy atom. The average molecular weight is 333 g/mol. The number of carbonyl (C=O) groups is 2. The molecule has 1 saturated carbocycles. The maximum atomic E-state index is 12.4. The maximum Gasteiger partial charge on any atom is 0.291 e. The molecule has 4 N–H and O–H groups in total. The van der Waals surface area contributed by atoms with Crippen LogP contribution in [0.1, 0.15) is 46.6 Å². The minimum atomic E-state index is -0.366. The van der Waals surface area contributed by atoms with Gasteiger partial charge in [0.05, 0.1) is 11.8 Å². The third kappa shape index (κ3) is 3.80. The molecule has 1 fully saturated rings. The largest absolute Gasteiger partial charge is 0.459 e. The van der Waals surface area contributed by atoms with Gasteiger partial charge in [-0.2, -0.15) is 0 Å². The van der Waals surface area contributed by atoms with Gasteiger partial charge in [-0.15, -0.1) is 11.3 Å². The molecule has 2 heterocycles. The monoisotopic (exact) mass is 333 g/mol. The number of rotatable bonds is 4. The number of furan rings is 1. The molecule has 7 heteroatoms. The van der Waals surface area contributed by atoms with Gasteiger partial charge in [0.2, 0.25) is 0 Å². The second-order valence-electron chi connectivity index (χ2n) is 5.68. The Morgan fingerprint density at radius 3 is 2.65 bits per heavy atom. The van der Waals surface area contributed by atoms with Gasteiger partial charge in [-0.05, 0) is 49.3 Å². The zero-order valence-corrected chi connectivity index (χ0v) is 13.4. The minimum Gasteiger partial charge on any atom is -0.459 e. The molecular weight excluding hydrogens is 314 g/mol. The molecule has 2 aromatic heterocycles. The number of hydrogen-bond donors (Lipinski definition) is 3. The molecule has 3 rings (SSSR count). The van der Waals surface area contributed by atoms with Crippen LogP contribution in [-0.2, 0) is 0 Å². The van der Waals surface area contributed by atoms with Crippen molar-refractivity contribution in [2.75, 3.05) is 5.32 Å². The van der Waals surface area contributed by atoms with Gasteiger partial charge in [0.25, 0.3) is 11.8 Å². The quantitative estimate of drug-likeness (QED) is 0.801. The Morgan fingerprint density at radius 1 is 1.17 bits per heavy atom. The SMILES string of the molecule is NC1CCC(NC(=O)c2ccsc2NC(=O)c2ccco2)CC1. The second-order valence-corrected chi connectivity index (χ2v) is 6.60. The van der Waals surface area contributed by atoms with Gasteiger partial charge in [0.15, 0.2) is 5.76 Å². The molecule has 0 unspecified atom stereocenters. The summed E-state index contributed by atoms with van der Waals surface area (Å²) in [4.78, 5) is 24.5. The number of hydrogen-bond acceptors (Lipinski definition) is 5. The average Bonchev–Trinajstić information content (AvgIpc) is 3.20. The van der Waals surface area contributed by atoms with Gasteiger partial charge in [-0.3, -0.25) is 9.59 Å². The molecular formula is C16H19N3O3S. The Bertz CT molecular complexity index is 673. The highest BCUT2D eigenvalue weighted by Gasteiger charge is 2.23. The van der Waals surface area contributed by atoms with Crippen molar-refractivity contribution in [1.82, 2.24) is 5.32 Å². The van der Waals surface area contributed by atoms with Crippen molar-refractivity contribution in [3.63, 3.8) is 0 Å². The number of amides is 2. The lowest BCUT2D eigenvalue weighted by atomic mass is 9.92. The van der Waals surface area contributed by atoms with Gasteiger partial charge in [0, 0.05) is 12.1 Å². The van der Waals surface area contributed by atoms with E-state index in [1.54, 1.807) is 23.6 Å². The van der Waals surface area contributed by atoms with Crippen LogP contribution in [0.4, 0.5) is 5.00 Å². The fourth-order valence-electron chi connectivity index (χ4n) is 2.68. The number of carbonyl (C=O) groups excluding carboxylic acids is 2. The van der Waals surface area contributed by atoms with Crippen LogP contribution >= 0.6 is 11.3 Å². The Kier molecular flexibility index (Phi) is 4.78. The van der Waals surface area contributed by atoms with Crippen LogP contribution in [0.3, 0.4) is 0 Å². The first kappa shape index (κ1) is 15.8. The summed E-state index contributed by atoms with van der Waals surface area (Å²) in [6.45, 7) is 0. The van der Waals surface area contributed by atoms with Gasteiger partial charge in [-0.25, -0.2) is 0 Å². The Hall–Kier alpha value is -2.12. The molecule has 23 heavy (non-hydrogen) atoms. The van der Waals surface area contributed by atoms with Crippen LogP contribution in [0, 0.1) is 0 Å². The van der Waals surface area contributed by atoms with Crippen LogP contribution in [-0.4, -0.2) is 23.9 Å². The van der Waals surface area contributed by atoms with Crippen molar-refractivity contribution in [2.24, 2.45) is 5.73 Å². The molecule has 122 valence electrons. The predicted molar refractivity (Wildman–Crippen MR) is 88.7 cm³/mol. The standard InChI is InChI=1S/C16H19N3O3S/c17-10-3-5-11(6-4-10)18-14(20)12-7-9-23-16(12)19-15(21)13-2-1-8-22-13/h1-2,7-11H,3-6,17H2,(H,18,20)(H,19,21). The first-order valence-corrected chi connectivity index (χ1v) is 8.50. The predicted octanol–water partition coefficient (Wildman–Crippen LogP) is 2.59. The Labute approximate surface area is 138 Å². The summed E-state index contributed by atoms with van der Waals surface area (Å²) in [6.07, 6.45) is 5.08. The number of nitrogens with two attached hydrogens (primary N) is 1. The topological polar surface area (TPSA) is 97.4 Å². The maximum absolute atomic E-state index is 12.4. The molecule has 0 atom stereocenters. The van der Waals surface area contributed by atoms with Crippen LogP contribution in [0.2, 0.25) is 0 Å². The highest BCUT2D eigenvalue weighted by atomic mass is 32.1. The second kappa shape index (κ2) is 6.97. The van der Waals surface area contributed by atoms with E-state index in [-0.39, 0.29) is 29.7 Å². The number of nitrogens with one attached hydrogen (secondary N) is 2. The third-order valence-electron chi connectivity index (χ3n) is 3.99. The molecule has 1 aliphatic carbocycles. The summed E-state index contributed by atoms with van der Waals surface area (Å²) < 4.78 is 5.06. The van der Waals surface area contributed by atoms with E-state index in [9.17, 15) is 9.59 Å². The van der Waals surface area contributed by atoms with E-state index in [1.807, 2.05) is 0 Å². The van der Waals surface area contributed by atoms with Gasteiger partial charge in [-0.1, -0.05) is 0 Å². The fraction of sp³-hybridized carbons (Fsp3) is 0.375. The number of thiophene rings is 1. The van der Waals surface area contributed by atoms with Crippen LogP contribution in [0.5, 0.6) is 0 Å². The van der Waals surface area contributed by atoms with Crippen molar-refractivity contribution in [3.05, 3.63) is 41.2 Å². The van der Waals surface area contributed by atoms with Crippen molar-refractivity contribution in [1.29, 1.82) is 0 Å². The first-order valence-electron chi connectivity index (χ1n) is 7.62. The fourth-order valence-corrected chi connectivity index (χ4v) is 3.46. The van der Waals surface area contributed by atoms with E-state index in [0.717, 1.165) is 25.7 Å². The zero-order chi connectivity index (χ0) is 16.2. The molecule has 6 nitrogen and oxygen atoms in total. The van der Waals surface area contributed by atoms with E-state index in [1.165, 1.54) is 17.6 Å². The molecule has 0 bridgehead atoms. The van der Waals surface area contributed by atoms with E-state index < -0.39 is 0 Å². The lowest BCUT2D eigenvalue weighted by Crippen LogP contribution is -2.40. The molecule has 1 aliphatic rings. The highest BCUT2D eigenvalue weighted by Crippen LogP contribution is 2.25. The van der Waals surface area contributed by atoms with Crippen molar-refractivity contribution in [2.45, 2.75) is 37.8 Å². The first-order chi connectivity index (χ1) is 11.1. The summed E-state index contributed by atoms with van der Waals surface area (Å²) >= 11 is 1.31. The summed E-state index contributed by atoms with van der Waals surface area (Å²) in [7, 11) is 0. The van der Waals surface area contributed by atoms with Gasteiger partial charge < -0.3 is 20.8 Å². The highest BCUT2D eigenvalue weighted by molar-refractivity contribution is 7.14.